The van der Waals surface area contributed by atoms with Crippen LogP contribution in [-0.4, -0.2) is 21.7 Å². The summed E-state index contributed by atoms with van der Waals surface area (Å²) < 4.78 is 0. The summed E-state index contributed by atoms with van der Waals surface area (Å²) in [6.45, 7) is 2.00. The van der Waals surface area contributed by atoms with E-state index >= 15 is 0 Å². The Morgan fingerprint density at radius 1 is 1.15 bits per heavy atom. The van der Waals surface area contributed by atoms with Gasteiger partial charge in [-0.2, -0.15) is 5.10 Å². The fourth-order valence-corrected chi connectivity index (χ4v) is 3.20. The van der Waals surface area contributed by atoms with Crippen molar-refractivity contribution >= 4 is 11.3 Å². The molecule has 4 nitrogen and oxygen atoms in total. The van der Waals surface area contributed by atoms with Gasteiger partial charge in [-0.3, -0.25) is 5.10 Å². The number of aromatic nitrogens is 3. The van der Waals surface area contributed by atoms with Gasteiger partial charge in [-0.15, -0.1) is 11.3 Å². The van der Waals surface area contributed by atoms with Gasteiger partial charge in [0.2, 0.25) is 0 Å². The zero-order valence-corrected chi connectivity index (χ0v) is 11.7. The van der Waals surface area contributed by atoms with E-state index in [1.807, 2.05) is 17.5 Å². The van der Waals surface area contributed by atoms with E-state index in [-0.39, 0.29) is 0 Å². The standard InChI is InChI=1S/C15H14N4S/c1-2-13(20-7-1)15-17-14(18-19-15)11-4-3-10-5-6-16-9-12(10)8-11/h1-4,7-8,16H,5-6,9H2,(H,17,18,19). The predicted octanol–water partition coefficient (Wildman–Crippen LogP) is 2.85. The van der Waals surface area contributed by atoms with E-state index in [0.717, 1.165) is 41.6 Å². The molecule has 0 radical (unpaired) electrons. The Kier molecular flexibility index (Phi) is 2.86. The van der Waals surface area contributed by atoms with Crippen LogP contribution in [0.5, 0.6) is 0 Å². The lowest BCUT2D eigenvalue weighted by Crippen LogP contribution is -2.23. The molecule has 0 bridgehead atoms. The molecule has 3 aromatic rings. The summed E-state index contributed by atoms with van der Waals surface area (Å²) in [4.78, 5) is 5.71. The molecule has 0 saturated carbocycles. The molecule has 3 heterocycles. The highest BCUT2D eigenvalue weighted by atomic mass is 32.1. The van der Waals surface area contributed by atoms with Crippen LogP contribution in [-0.2, 0) is 13.0 Å². The van der Waals surface area contributed by atoms with Crippen LogP contribution in [0.2, 0.25) is 0 Å². The van der Waals surface area contributed by atoms with Crippen LogP contribution < -0.4 is 5.32 Å². The number of rotatable bonds is 2. The van der Waals surface area contributed by atoms with Crippen LogP contribution in [0.3, 0.4) is 0 Å². The Morgan fingerprint density at radius 3 is 3.05 bits per heavy atom. The van der Waals surface area contributed by atoms with Crippen molar-refractivity contribution in [1.82, 2.24) is 20.5 Å². The van der Waals surface area contributed by atoms with Crippen LogP contribution in [0, 0.1) is 0 Å². The summed E-state index contributed by atoms with van der Waals surface area (Å²) >= 11 is 1.66. The number of fused-ring (bicyclic) bond motifs is 1. The van der Waals surface area contributed by atoms with Gasteiger partial charge in [0.15, 0.2) is 11.6 Å². The first-order valence-corrected chi connectivity index (χ1v) is 7.57. The molecule has 0 atom stereocenters. The Labute approximate surface area is 120 Å². The van der Waals surface area contributed by atoms with Crippen LogP contribution in [0.25, 0.3) is 22.1 Å². The van der Waals surface area contributed by atoms with Gasteiger partial charge in [0, 0.05) is 12.1 Å². The van der Waals surface area contributed by atoms with Crippen molar-refractivity contribution in [3.8, 4) is 22.1 Å². The highest BCUT2D eigenvalue weighted by molar-refractivity contribution is 7.13. The number of hydrogen-bond acceptors (Lipinski definition) is 4. The first-order chi connectivity index (χ1) is 9.90. The summed E-state index contributed by atoms with van der Waals surface area (Å²) in [7, 11) is 0. The summed E-state index contributed by atoms with van der Waals surface area (Å²) in [5.41, 5.74) is 3.87. The highest BCUT2D eigenvalue weighted by Gasteiger charge is 2.12. The maximum absolute atomic E-state index is 4.60. The van der Waals surface area contributed by atoms with Crippen LogP contribution >= 0.6 is 11.3 Å². The van der Waals surface area contributed by atoms with Crippen molar-refractivity contribution in [2.45, 2.75) is 13.0 Å². The SMILES string of the molecule is c1csc(-c2nc(-c3ccc4c(c3)CNCC4)n[nH]2)c1. The number of nitrogens with zero attached hydrogens (tertiary/aromatic N) is 2. The second-order valence-corrected chi connectivity index (χ2v) is 5.84. The van der Waals surface area contributed by atoms with Crippen molar-refractivity contribution in [1.29, 1.82) is 0 Å². The molecule has 0 unspecified atom stereocenters. The summed E-state index contributed by atoms with van der Waals surface area (Å²) in [6, 6.07) is 10.6. The van der Waals surface area contributed by atoms with E-state index in [2.05, 4.69) is 38.7 Å². The van der Waals surface area contributed by atoms with Gasteiger partial charge in [0.05, 0.1) is 4.88 Å². The fourth-order valence-electron chi connectivity index (χ4n) is 2.53. The molecule has 20 heavy (non-hydrogen) atoms. The van der Waals surface area contributed by atoms with Crippen molar-refractivity contribution in [3.05, 3.63) is 46.8 Å². The minimum Gasteiger partial charge on any atom is -0.312 e. The smallest absolute Gasteiger partial charge is 0.181 e. The van der Waals surface area contributed by atoms with E-state index < -0.39 is 0 Å². The van der Waals surface area contributed by atoms with E-state index in [1.54, 1.807) is 11.3 Å². The molecular weight excluding hydrogens is 268 g/mol. The Balaban J connectivity index is 1.71. The van der Waals surface area contributed by atoms with Gasteiger partial charge in [-0.05, 0) is 41.6 Å². The second kappa shape index (κ2) is 4.85. The second-order valence-electron chi connectivity index (χ2n) is 4.90. The Morgan fingerprint density at radius 2 is 2.15 bits per heavy atom. The minimum absolute atomic E-state index is 0.766. The first kappa shape index (κ1) is 11.8. The molecular formula is C15H14N4S. The quantitative estimate of drug-likeness (QED) is 0.760. The molecule has 0 spiro atoms. The minimum atomic E-state index is 0.766. The summed E-state index contributed by atoms with van der Waals surface area (Å²) in [6.07, 6.45) is 1.10. The van der Waals surface area contributed by atoms with Gasteiger partial charge >= 0.3 is 0 Å². The molecule has 0 amide bonds. The Bertz CT molecular complexity index is 730. The lowest BCUT2D eigenvalue weighted by molar-refractivity contribution is 0.644. The lowest BCUT2D eigenvalue weighted by atomic mass is 9.98. The third-order valence-corrected chi connectivity index (χ3v) is 4.47. The van der Waals surface area contributed by atoms with E-state index in [0.29, 0.717) is 0 Å². The number of H-pyrrole nitrogens is 1. The van der Waals surface area contributed by atoms with E-state index in [9.17, 15) is 0 Å². The van der Waals surface area contributed by atoms with Crippen molar-refractivity contribution < 1.29 is 0 Å². The highest BCUT2D eigenvalue weighted by Crippen LogP contribution is 2.25. The molecule has 1 aromatic carbocycles. The van der Waals surface area contributed by atoms with Gasteiger partial charge in [-0.25, -0.2) is 4.98 Å². The fraction of sp³-hybridized carbons (Fsp3) is 0.200. The number of benzene rings is 1. The monoisotopic (exact) mass is 282 g/mol. The first-order valence-electron chi connectivity index (χ1n) is 6.69. The van der Waals surface area contributed by atoms with Gasteiger partial charge in [-0.1, -0.05) is 18.2 Å². The zero-order valence-electron chi connectivity index (χ0n) is 10.9. The molecule has 0 saturated heterocycles. The molecule has 4 rings (SSSR count). The topological polar surface area (TPSA) is 53.6 Å². The molecule has 2 aromatic heterocycles. The maximum atomic E-state index is 4.60. The van der Waals surface area contributed by atoms with Crippen molar-refractivity contribution in [2.24, 2.45) is 0 Å². The lowest BCUT2D eigenvalue weighted by Gasteiger charge is -2.17. The molecule has 1 aliphatic heterocycles. The predicted molar refractivity (Wildman–Crippen MR) is 80.5 cm³/mol. The normalized spacial score (nSPS) is 14.2. The van der Waals surface area contributed by atoms with E-state index in [1.165, 1.54) is 11.1 Å². The maximum Gasteiger partial charge on any atom is 0.181 e. The number of thiophene rings is 1. The molecule has 5 heteroatoms. The van der Waals surface area contributed by atoms with Crippen molar-refractivity contribution in [2.75, 3.05) is 6.54 Å². The third-order valence-electron chi connectivity index (χ3n) is 3.59. The third kappa shape index (κ3) is 2.05. The molecule has 2 N–H and O–H groups in total. The van der Waals surface area contributed by atoms with Crippen LogP contribution in [0.4, 0.5) is 0 Å². The number of aromatic amines is 1. The zero-order chi connectivity index (χ0) is 13.4. The number of hydrogen-bond donors (Lipinski definition) is 2. The number of nitrogens with one attached hydrogen (secondary N) is 2. The summed E-state index contributed by atoms with van der Waals surface area (Å²) in [5.74, 6) is 1.60. The molecule has 100 valence electrons. The average molecular weight is 282 g/mol. The largest absolute Gasteiger partial charge is 0.312 e. The summed E-state index contributed by atoms with van der Waals surface area (Å²) in [5, 5.41) is 12.8. The molecule has 0 fully saturated rings. The molecule has 0 aliphatic carbocycles. The van der Waals surface area contributed by atoms with Crippen LogP contribution in [0.1, 0.15) is 11.1 Å². The van der Waals surface area contributed by atoms with Gasteiger partial charge in [0.1, 0.15) is 0 Å². The van der Waals surface area contributed by atoms with Gasteiger partial charge in [0.25, 0.3) is 0 Å². The van der Waals surface area contributed by atoms with Gasteiger partial charge < -0.3 is 5.32 Å². The van der Waals surface area contributed by atoms with E-state index in [4.69, 9.17) is 0 Å². The van der Waals surface area contributed by atoms with Crippen molar-refractivity contribution in [3.63, 3.8) is 0 Å². The Hall–Kier alpha value is -1.98. The average Bonchev–Trinajstić information content (AvgIpc) is 3.17. The molecule has 1 aliphatic rings. The van der Waals surface area contributed by atoms with Crippen LogP contribution in [0.15, 0.2) is 35.7 Å².